The average molecular weight is 257 g/mol. The van der Waals surface area contributed by atoms with Crippen molar-refractivity contribution in [1.82, 2.24) is 0 Å². The van der Waals surface area contributed by atoms with Crippen molar-refractivity contribution in [3.63, 3.8) is 0 Å². The van der Waals surface area contributed by atoms with E-state index in [4.69, 9.17) is 15.2 Å². The van der Waals surface area contributed by atoms with Crippen LogP contribution in [-0.4, -0.2) is 31.8 Å². The Morgan fingerprint density at radius 3 is 2.67 bits per heavy atom. The number of esters is 1. The maximum absolute atomic E-state index is 11.7. The van der Waals surface area contributed by atoms with E-state index in [2.05, 4.69) is 0 Å². The van der Waals surface area contributed by atoms with E-state index in [1.165, 1.54) is 19.3 Å². The van der Waals surface area contributed by atoms with Gasteiger partial charge in [-0.25, -0.2) is 4.79 Å². The predicted molar refractivity (Wildman–Crippen MR) is 71.2 cm³/mol. The van der Waals surface area contributed by atoms with E-state index < -0.39 is 6.10 Å². The van der Waals surface area contributed by atoms with Crippen molar-refractivity contribution < 1.29 is 14.3 Å². The number of hydrogen-bond acceptors (Lipinski definition) is 4. The standard InChI is InChI=1S/C14H27NO3/c1-3-6-13(14(16)17-4-2)18-10-12-8-5-7-11(12)9-15/h11-13H,3-10,15H2,1-2H3. The Bertz CT molecular complexity index is 245. The first kappa shape index (κ1) is 15.4. The summed E-state index contributed by atoms with van der Waals surface area (Å²) in [5, 5.41) is 0. The molecule has 0 saturated heterocycles. The molecule has 1 saturated carbocycles. The van der Waals surface area contributed by atoms with Crippen molar-refractivity contribution >= 4 is 5.97 Å². The van der Waals surface area contributed by atoms with Crippen LogP contribution in [0.1, 0.15) is 46.0 Å². The summed E-state index contributed by atoms with van der Waals surface area (Å²) in [6.07, 6.45) is 4.86. The van der Waals surface area contributed by atoms with Crippen molar-refractivity contribution in [2.75, 3.05) is 19.8 Å². The Hall–Kier alpha value is -0.610. The van der Waals surface area contributed by atoms with Crippen LogP contribution >= 0.6 is 0 Å². The molecule has 0 aromatic heterocycles. The van der Waals surface area contributed by atoms with Gasteiger partial charge in [-0.15, -0.1) is 0 Å². The van der Waals surface area contributed by atoms with Crippen molar-refractivity contribution in [2.45, 2.75) is 52.1 Å². The molecule has 0 heterocycles. The van der Waals surface area contributed by atoms with Gasteiger partial charge in [0.05, 0.1) is 13.2 Å². The predicted octanol–water partition coefficient (Wildman–Crippen LogP) is 2.11. The highest BCUT2D eigenvalue weighted by Crippen LogP contribution is 2.31. The zero-order valence-electron chi connectivity index (χ0n) is 11.7. The monoisotopic (exact) mass is 257 g/mol. The van der Waals surface area contributed by atoms with E-state index in [9.17, 15) is 4.79 Å². The molecule has 106 valence electrons. The molecule has 3 atom stereocenters. The topological polar surface area (TPSA) is 61.5 Å². The van der Waals surface area contributed by atoms with Crippen molar-refractivity contribution in [3.05, 3.63) is 0 Å². The Balaban J connectivity index is 2.38. The Morgan fingerprint density at radius 1 is 1.33 bits per heavy atom. The van der Waals surface area contributed by atoms with Gasteiger partial charge in [0.2, 0.25) is 0 Å². The average Bonchev–Trinajstić information content (AvgIpc) is 2.82. The zero-order chi connectivity index (χ0) is 13.4. The van der Waals surface area contributed by atoms with Gasteiger partial charge in [-0.05, 0) is 44.6 Å². The molecule has 1 aliphatic carbocycles. The van der Waals surface area contributed by atoms with Crippen LogP contribution in [0.25, 0.3) is 0 Å². The molecule has 0 aliphatic heterocycles. The minimum absolute atomic E-state index is 0.221. The smallest absolute Gasteiger partial charge is 0.335 e. The molecular formula is C14H27NO3. The first-order chi connectivity index (χ1) is 8.72. The molecule has 1 rings (SSSR count). The molecule has 0 aromatic rings. The van der Waals surface area contributed by atoms with Crippen molar-refractivity contribution in [1.29, 1.82) is 0 Å². The van der Waals surface area contributed by atoms with Gasteiger partial charge in [-0.3, -0.25) is 0 Å². The lowest BCUT2D eigenvalue weighted by molar-refractivity contribution is -0.158. The first-order valence-corrected chi connectivity index (χ1v) is 7.21. The Morgan fingerprint density at radius 2 is 2.06 bits per heavy atom. The summed E-state index contributed by atoms with van der Waals surface area (Å²) in [5.41, 5.74) is 5.75. The van der Waals surface area contributed by atoms with E-state index in [-0.39, 0.29) is 5.97 Å². The summed E-state index contributed by atoms with van der Waals surface area (Å²) < 4.78 is 10.8. The van der Waals surface area contributed by atoms with Crippen LogP contribution in [0, 0.1) is 11.8 Å². The Labute approximate surface area is 110 Å². The molecule has 0 spiro atoms. The van der Waals surface area contributed by atoms with Gasteiger partial charge < -0.3 is 15.2 Å². The van der Waals surface area contributed by atoms with Crippen LogP contribution in [0.4, 0.5) is 0 Å². The lowest BCUT2D eigenvalue weighted by atomic mass is 9.97. The van der Waals surface area contributed by atoms with E-state index in [1.54, 1.807) is 0 Å². The van der Waals surface area contributed by atoms with Gasteiger partial charge in [0, 0.05) is 0 Å². The number of nitrogens with two attached hydrogens (primary N) is 1. The summed E-state index contributed by atoms with van der Waals surface area (Å²) in [6.45, 7) is 5.66. The highest BCUT2D eigenvalue weighted by molar-refractivity contribution is 5.74. The number of carbonyl (C=O) groups excluding carboxylic acids is 1. The molecule has 0 amide bonds. The number of carbonyl (C=O) groups is 1. The van der Waals surface area contributed by atoms with E-state index in [1.807, 2.05) is 13.8 Å². The van der Waals surface area contributed by atoms with Gasteiger partial charge in [0.15, 0.2) is 6.10 Å². The minimum atomic E-state index is -0.394. The lowest BCUT2D eigenvalue weighted by Crippen LogP contribution is -2.30. The van der Waals surface area contributed by atoms with Crippen molar-refractivity contribution in [3.8, 4) is 0 Å². The molecular weight excluding hydrogens is 230 g/mol. The third-order valence-corrected chi connectivity index (χ3v) is 3.73. The summed E-state index contributed by atoms with van der Waals surface area (Å²) in [4.78, 5) is 11.7. The molecule has 3 unspecified atom stereocenters. The number of ether oxygens (including phenoxy) is 2. The normalized spacial score (nSPS) is 25.1. The summed E-state index contributed by atoms with van der Waals surface area (Å²) in [5.74, 6) is 0.861. The maximum Gasteiger partial charge on any atom is 0.335 e. The van der Waals surface area contributed by atoms with Crippen LogP contribution in [0.15, 0.2) is 0 Å². The highest BCUT2D eigenvalue weighted by atomic mass is 16.6. The quantitative estimate of drug-likeness (QED) is 0.676. The second-order valence-corrected chi connectivity index (χ2v) is 5.05. The summed E-state index contributed by atoms with van der Waals surface area (Å²) in [7, 11) is 0. The van der Waals surface area contributed by atoms with Crippen molar-refractivity contribution in [2.24, 2.45) is 17.6 Å². The number of hydrogen-bond donors (Lipinski definition) is 1. The van der Waals surface area contributed by atoms with Crippen LogP contribution in [0.2, 0.25) is 0 Å². The van der Waals surface area contributed by atoms with Gasteiger partial charge in [-0.1, -0.05) is 19.8 Å². The van der Waals surface area contributed by atoms with Crippen LogP contribution in [0.5, 0.6) is 0 Å². The molecule has 1 fully saturated rings. The lowest BCUT2D eigenvalue weighted by Gasteiger charge is -2.21. The molecule has 1 aliphatic rings. The van der Waals surface area contributed by atoms with E-state index in [0.717, 1.165) is 19.4 Å². The zero-order valence-corrected chi connectivity index (χ0v) is 11.7. The van der Waals surface area contributed by atoms with Gasteiger partial charge in [0.1, 0.15) is 0 Å². The van der Waals surface area contributed by atoms with Gasteiger partial charge in [-0.2, -0.15) is 0 Å². The van der Waals surface area contributed by atoms with E-state index in [0.29, 0.717) is 25.0 Å². The van der Waals surface area contributed by atoms with Crippen LogP contribution in [0.3, 0.4) is 0 Å². The molecule has 4 nitrogen and oxygen atoms in total. The van der Waals surface area contributed by atoms with Crippen LogP contribution < -0.4 is 5.73 Å². The highest BCUT2D eigenvalue weighted by Gasteiger charge is 2.28. The molecule has 0 aromatic carbocycles. The van der Waals surface area contributed by atoms with Gasteiger partial charge in [0.25, 0.3) is 0 Å². The SMILES string of the molecule is CCCC(OCC1CCCC1CN)C(=O)OCC. The fourth-order valence-corrected chi connectivity index (χ4v) is 2.65. The molecule has 2 N–H and O–H groups in total. The first-order valence-electron chi connectivity index (χ1n) is 7.21. The number of rotatable bonds is 8. The fraction of sp³-hybridized carbons (Fsp3) is 0.929. The molecule has 18 heavy (non-hydrogen) atoms. The Kier molecular flexibility index (Phi) is 7.28. The third kappa shape index (κ3) is 4.58. The molecule has 0 radical (unpaired) electrons. The summed E-state index contributed by atoms with van der Waals surface area (Å²) >= 11 is 0. The summed E-state index contributed by atoms with van der Waals surface area (Å²) in [6, 6.07) is 0. The molecule has 4 heteroatoms. The minimum Gasteiger partial charge on any atom is -0.464 e. The van der Waals surface area contributed by atoms with Gasteiger partial charge >= 0.3 is 5.97 Å². The van der Waals surface area contributed by atoms with E-state index >= 15 is 0 Å². The molecule has 0 bridgehead atoms. The third-order valence-electron chi connectivity index (χ3n) is 3.73. The largest absolute Gasteiger partial charge is 0.464 e. The maximum atomic E-state index is 11.7. The second-order valence-electron chi connectivity index (χ2n) is 5.05. The van der Waals surface area contributed by atoms with Crippen LogP contribution in [-0.2, 0) is 14.3 Å². The fourth-order valence-electron chi connectivity index (χ4n) is 2.65. The second kappa shape index (κ2) is 8.48.